The molecule has 2 rings (SSSR count). The van der Waals surface area contributed by atoms with Crippen molar-refractivity contribution < 1.29 is 13.6 Å². The second-order valence-electron chi connectivity index (χ2n) is 4.94. The van der Waals surface area contributed by atoms with E-state index in [9.17, 15) is 13.6 Å². The van der Waals surface area contributed by atoms with Crippen LogP contribution in [0.1, 0.15) is 36.0 Å². The molecule has 1 aromatic rings. The van der Waals surface area contributed by atoms with Crippen molar-refractivity contribution in [3.63, 3.8) is 0 Å². The van der Waals surface area contributed by atoms with E-state index in [1.54, 1.807) is 0 Å². The predicted molar refractivity (Wildman–Crippen MR) is 70.3 cm³/mol. The van der Waals surface area contributed by atoms with E-state index in [0.717, 1.165) is 37.8 Å². The first-order valence-corrected chi connectivity index (χ1v) is 6.88. The molecule has 0 saturated heterocycles. The molecular weight excluding hydrogens is 272 g/mol. The lowest BCUT2D eigenvalue weighted by molar-refractivity contribution is 0.0935. The quantitative estimate of drug-likeness (QED) is 0.847. The van der Waals surface area contributed by atoms with Gasteiger partial charge in [0.15, 0.2) is 0 Å². The largest absolute Gasteiger partial charge is 0.352 e. The van der Waals surface area contributed by atoms with E-state index in [-0.39, 0.29) is 11.3 Å². The summed E-state index contributed by atoms with van der Waals surface area (Å²) >= 11 is 6.06. The molecule has 1 fully saturated rings. The molecule has 5 heteroatoms. The van der Waals surface area contributed by atoms with Crippen LogP contribution >= 0.6 is 11.6 Å². The normalized spacial score (nSPS) is 23.1. The number of carbonyl (C=O) groups is 1. The Hall–Kier alpha value is -1.16. The molecule has 2 unspecified atom stereocenters. The van der Waals surface area contributed by atoms with Gasteiger partial charge in [-0.15, -0.1) is 11.6 Å². The average Bonchev–Trinajstić information content (AvgIpc) is 2.36. The summed E-state index contributed by atoms with van der Waals surface area (Å²) in [4.78, 5) is 11.8. The van der Waals surface area contributed by atoms with Crippen LogP contribution in [0.25, 0.3) is 0 Å². The van der Waals surface area contributed by atoms with Crippen LogP contribution in [-0.4, -0.2) is 17.8 Å². The van der Waals surface area contributed by atoms with Crippen molar-refractivity contribution in [1.29, 1.82) is 0 Å². The zero-order chi connectivity index (χ0) is 13.8. The van der Waals surface area contributed by atoms with Gasteiger partial charge >= 0.3 is 0 Å². The minimum atomic E-state index is -0.837. The molecule has 1 amide bonds. The summed E-state index contributed by atoms with van der Waals surface area (Å²) in [5, 5.41) is 2.73. The highest BCUT2D eigenvalue weighted by Crippen LogP contribution is 2.27. The van der Waals surface area contributed by atoms with Gasteiger partial charge in [-0.05, 0) is 37.3 Å². The number of alkyl halides is 1. The molecule has 2 nitrogen and oxygen atoms in total. The Balaban J connectivity index is 1.94. The van der Waals surface area contributed by atoms with Crippen LogP contribution < -0.4 is 5.32 Å². The maximum atomic E-state index is 13.4. The highest BCUT2D eigenvalue weighted by molar-refractivity contribution is 6.20. The fraction of sp³-hybridized carbons (Fsp3) is 0.500. The molecular formula is C14H16ClF2NO. The molecule has 1 aliphatic rings. The molecule has 1 aromatic carbocycles. The first-order chi connectivity index (χ1) is 9.08. The monoisotopic (exact) mass is 287 g/mol. The van der Waals surface area contributed by atoms with E-state index in [1.165, 1.54) is 6.07 Å². The van der Waals surface area contributed by atoms with Crippen LogP contribution in [0.2, 0.25) is 0 Å². The molecule has 19 heavy (non-hydrogen) atoms. The highest BCUT2D eigenvalue weighted by Gasteiger charge is 2.22. The van der Waals surface area contributed by atoms with Crippen LogP contribution in [0.15, 0.2) is 18.2 Å². The van der Waals surface area contributed by atoms with Gasteiger partial charge in [0.25, 0.3) is 5.91 Å². The number of rotatable bonds is 3. The van der Waals surface area contributed by atoms with Gasteiger partial charge in [0.05, 0.1) is 0 Å². The summed E-state index contributed by atoms with van der Waals surface area (Å²) in [5.74, 6) is -2.09. The molecule has 2 atom stereocenters. The van der Waals surface area contributed by atoms with Crippen molar-refractivity contribution in [2.24, 2.45) is 5.92 Å². The molecule has 0 radical (unpaired) electrons. The van der Waals surface area contributed by atoms with Crippen molar-refractivity contribution in [2.75, 3.05) is 6.54 Å². The third kappa shape index (κ3) is 3.66. The molecule has 1 saturated carbocycles. The summed E-state index contributed by atoms with van der Waals surface area (Å²) < 4.78 is 26.8. The smallest absolute Gasteiger partial charge is 0.257 e. The molecule has 0 heterocycles. The topological polar surface area (TPSA) is 29.1 Å². The van der Waals surface area contributed by atoms with Crippen LogP contribution in [-0.2, 0) is 0 Å². The Morgan fingerprint density at radius 1 is 1.32 bits per heavy atom. The average molecular weight is 288 g/mol. The first-order valence-electron chi connectivity index (χ1n) is 6.44. The Kier molecular flexibility index (Phi) is 4.75. The second kappa shape index (κ2) is 6.33. The Labute approximate surface area is 116 Å². The van der Waals surface area contributed by atoms with Crippen LogP contribution in [0, 0.1) is 17.6 Å². The number of benzene rings is 1. The van der Waals surface area contributed by atoms with Crippen molar-refractivity contribution in [2.45, 2.75) is 31.1 Å². The van der Waals surface area contributed by atoms with Crippen molar-refractivity contribution in [3.8, 4) is 0 Å². The molecule has 0 aromatic heterocycles. The first kappa shape index (κ1) is 14.3. The van der Waals surface area contributed by atoms with Gasteiger partial charge in [-0.3, -0.25) is 4.79 Å². The number of nitrogens with one attached hydrogen (secondary N) is 1. The number of carbonyl (C=O) groups excluding carboxylic acids is 1. The summed E-state index contributed by atoms with van der Waals surface area (Å²) in [5.41, 5.74) is -0.513. The van der Waals surface area contributed by atoms with Crippen molar-refractivity contribution >= 4 is 17.5 Å². The summed E-state index contributed by atoms with van der Waals surface area (Å²) in [6.07, 6.45) is 3.85. The van der Waals surface area contributed by atoms with E-state index in [4.69, 9.17) is 11.6 Å². The maximum Gasteiger partial charge on any atom is 0.257 e. The van der Waals surface area contributed by atoms with E-state index in [0.29, 0.717) is 6.54 Å². The fourth-order valence-electron chi connectivity index (χ4n) is 2.45. The van der Waals surface area contributed by atoms with Gasteiger partial charge < -0.3 is 5.32 Å². The number of amides is 1. The van der Waals surface area contributed by atoms with E-state index < -0.39 is 23.1 Å². The number of halogens is 3. The van der Waals surface area contributed by atoms with Gasteiger partial charge in [-0.1, -0.05) is 12.5 Å². The van der Waals surface area contributed by atoms with E-state index >= 15 is 0 Å². The minimum Gasteiger partial charge on any atom is -0.352 e. The lowest BCUT2D eigenvalue weighted by Gasteiger charge is -2.25. The zero-order valence-corrected chi connectivity index (χ0v) is 11.2. The molecule has 0 spiro atoms. The third-order valence-electron chi connectivity index (χ3n) is 3.46. The van der Waals surface area contributed by atoms with Crippen LogP contribution in [0.3, 0.4) is 0 Å². The van der Waals surface area contributed by atoms with E-state index in [1.807, 2.05) is 0 Å². The summed E-state index contributed by atoms with van der Waals surface area (Å²) in [6.45, 7) is 0.413. The van der Waals surface area contributed by atoms with Crippen molar-refractivity contribution in [3.05, 3.63) is 35.4 Å². The minimum absolute atomic E-state index is 0.140. The summed E-state index contributed by atoms with van der Waals surface area (Å²) in [6, 6.07) is 3.39. The number of hydrogen-bond donors (Lipinski definition) is 1. The lowest BCUT2D eigenvalue weighted by Crippen LogP contribution is -2.33. The highest BCUT2D eigenvalue weighted by atomic mass is 35.5. The maximum absolute atomic E-state index is 13.4. The molecule has 1 N–H and O–H groups in total. The Morgan fingerprint density at radius 3 is 2.63 bits per heavy atom. The van der Waals surface area contributed by atoms with E-state index in [2.05, 4.69) is 5.32 Å². The standard InChI is InChI=1S/C14H16ClF2NO/c15-10-4-1-3-9(7-10)8-18-14(19)13-11(16)5-2-6-12(13)17/h2,5-6,9-10H,1,3-4,7-8H2,(H,18,19). The van der Waals surface area contributed by atoms with Gasteiger partial charge in [0, 0.05) is 11.9 Å². The summed E-state index contributed by atoms with van der Waals surface area (Å²) in [7, 11) is 0. The molecule has 0 aliphatic heterocycles. The Morgan fingerprint density at radius 2 is 2.00 bits per heavy atom. The van der Waals surface area contributed by atoms with Gasteiger partial charge in [0.1, 0.15) is 17.2 Å². The van der Waals surface area contributed by atoms with Crippen molar-refractivity contribution in [1.82, 2.24) is 5.32 Å². The van der Waals surface area contributed by atoms with Crippen LogP contribution in [0.4, 0.5) is 8.78 Å². The lowest BCUT2D eigenvalue weighted by atomic mass is 9.89. The zero-order valence-electron chi connectivity index (χ0n) is 10.5. The molecule has 104 valence electrons. The van der Waals surface area contributed by atoms with Gasteiger partial charge in [0.2, 0.25) is 0 Å². The third-order valence-corrected chi connectivity index (χ3v) is 3.86. The van der Waals surface area contributed by atoms with Crippen LogP contribution in [0.5, 0.6) is 0 Å². The predicted octanol–water partition coefficient (Wildman–Crippen LogP) is 3.49. The number of hydrogen-bond acceptors (Lipinski definition) is 1. The van der Waals surface area contributed by atoms with Gasteiger partial charge in [-0.25, -0.2) is 8.78 Å². The fourth-order valence-corrected chi connectivity index (χ4v) is 2.86. The SMILES string of the molecule is O=C(NCC1CCCC(Cl)C1)c1c(F)cccc1F. The molecule has 1 aliphatic carbocycles. The second-order valence-corrected chi connectivity index (χ2v) is 5.55. The Bertz CT molecular complexity index is 447. The molecule has 0 bridgehead atoms. The van der Waals surface area contributed by atoms with Gasteiger partial charge in [-0.2, -0.15) is 0 Å².